The van der Waals surface area contributed by atoms with Crippen LogP contribution in [0.5, 0.6) is 0 Å². The van der Waals surface area contributed by atoms with Gasteiger partial charge in [-0.3, -0.25) is 14.5 Å². The Balaban J connectivity index is 1.85. The lowest BCUT2D eigenvalue weighted by molar-refractivity contribution is -0.175. The summed E-state index contributed by atoms with van der Waals surface area (Å²) in [5.74, 6) is -2.49. The molecule has 27 heavy (non-hydrogen) atoms. The maximum absolute atomic E-state index is 13.8. The van der Waals surface area contributed by atoms with Crippen LogP contribution in [0.2, 0.25) is 0 Å². The first-order chi connectivity index (χ1) is 13.0. The number of carbonyl (C=O) groups excluding carboxylic acids is 1. The van der Waals surface area contributed by atoms with Crippen LogP contribution in [0.15, 0.2) is 48.5 Å². The zero-order valence-corrected chi connectivity index (χ0v) is 15.6. The molecule has 3 rings (SSSR count). The third-order valence-electron chi connectivity index (χ3n) is 5.22. The molecule has 2 aromatic rings. The number of hydrogen-bond acceptors (Lipinski definition) is 3. The van der Waals surface area contributed by atoms with Crippen molar-refractivity contribution in [3.05, 3.63) is 71.3 Å². The van der Waals surface area contributed by atoms with Gasteiger partial charge in [-0.2, -0.15) is 0 Å². The minimum Gasteiger partial charge on any atom is -0.298 e. The average molecular weight is 374 g/mol. The first-order valence-corrected chi connectivity index (χ1v) is 9.02. The maximum Gasteiger partial charge on any atom is 0.249 e. The monoisotopic (exact) mass is 374 g/mol. The highest BCUT2D eigenvalue weighted by atomic mass is 19.2. The molecule has 2 aromatic carbocycles. The summed E-state index contributed by atoms with van der Waals surface area (Å²) in [5.41, 5.74) is 1.81. The van der Waals surface area contributed by atoms with Crippen molar-refractivity contribution in [2.75, 3.05) is 27.2 Å². The summed E-state index contributed by atoms with van der Waals surface area (Å²) >= 11 is 0. The summed E-state index contributed by atoms with van der Waals surface area (Å²) in [4.78, 5) is 20.0. The van der Waals surface area contributed by atoms with Gasteiger partial charge in [0, 0.05) is 32.0 Å². The number of nitrogens with zero attached hydrogens (tertiary/aromatic N) is 2. The van der Waals surface area contributed by atoms with Crippen molar-refractivity contribution in [1.82, 2.24) is 9.96 Å². The third-order valence-corrected chi connectivity index (χ3v) is 5.22. The molecule has 1 aliphatic heterocycles. The van der Waals surface area contributed by atoms with Crippen molar-refractivity contribution in [3.63, 3.8) is 0 Å². The molecule has 6 heteroatoms. The van der Waals surface area contributed by atoms with Crippen LogP contribution in [0.4, 0.5) is 8.78 Å². The standard InChI is InChI=1S/C21H24F2N2O2/c1-24(27-2)21(26)17-10-11-25(13-15-6-4-3-5-7-15)14-18(17)16-8-9-19(22)20(23)12-16/h3-9,12,17-18H,10-11,13-14H2,1-2H3/t17-,18-/m1/s1. The molecule has 0 saturated carbocycles. The zero-order chi connectivity index (χ0) is 19.4. The normalized spacial score (nSPS) is 20.4. The fourth-order valence-corrected chi connectivity index (χ4v) is 3.70. The van der Waals surface area contributed by atoms with E-state index >= 15 is 0 Å². The van der Waals surface area contributed by atoms with Crippen molar-refractivity contribution in [2.45, 2.75) is 18.9 Å². The van der Waals surface area contributed by atoms with Crippen molar-refractivity contribution in [1.29, 1.82) is 0 Å². The summed E-state index contributed by atoms with van der Waals surface area (Å²) in [5, 5.41) is 1.21. The second-order valence-electron chi connectivity index (χ2n) is 6.91. The van der Waals surface area contributed by atoms with Gasteiger partial charge in [-0.05, 0) is 36.2 Å². The Morgan fingerprint density at radius 3 is 2.59 bits per heavy atom. The smallest absolute Gasteiger partial charge is 0.249 e. The summed E-state index contributed by atoms with van der Waals surface area (Å²) in [6.45, 7) is 2.10. The Morgan fingerprint density at radius 2 is 1.93 bits per heavy atom. The van der Waals surface area contributed by atoms with E-state index in [1.807, 2.05) is 18.2 Å². The van der Waals surface area contributed by atoms with Gasteiger partial charge in [0.1, 0.15) is 0 Å². The highest BCUT2D eigenvalue weighted by Gasteiger charge is 2.37. The summed E-state index contributed by atoms with van der Waals surface area (Å²) in [6, 6.07) is 14.0. The van der Waals surface area contributed by atoms with E-state index < -0.39 is 11.6 Å². The van der Waals surface area contributed by atoms with Gasteiger partial charge in [0.2, 0.25) is 5.91 Å². The Kier molecular flexibility index (Phi) is 6.19. The summed E-state index contributed by atoms with van der Waals surface area (Å²) in [7, 11) is 3.01. The molecule has 0 unspecified atom stereocenters. The van der Waals surface area contributed by atoms with Crippen LogP contribution in [0.3, 0.4) is 0 Å². The van der Waals surface area contributed by atoms with Crippen LogP contribution in [0, 0.1) is 17.6 Å². The van der Waals surface area contributed by atoms with E-state index in [1.54, 1.807) is 13.1 Å². The van der Waals surface area contributed by atoms with Crippen LogP contribution in [0.1, 0.15) is 23.5 Å². The number of piperidine rings is 1. The van der Waals surface area contributed by atoms with E-state index in [4.69, 9.17) is 4.84 Å². The molecule has 1 fully saturated rings. The highest BCUT2D eigenvalue weighted by Crippen LogP contribution is 2.35. The van der Waals surface area contributed by atoms with Crippen molar-refractivity contribution in [2.24, 2.45) is 5.92 Å². The topological polar surface area (TPSA) is 32.8 Å². The predicted octanol–water partition coefficient (Wildman–Crippen LogP) is 3.59. The molecule has 0 N–H and O–H groups in total. The lowest BCUT2D eigenvalue weighted by Gasteiger charge is -2.39. The number of halogens is 2. The lowest BCUT2D eigenvalue weighted by atomic mass is 9.80. The van der Waals surface area contributed by atoms with Gasteiger partial charge in [0.05, 0.1) is 7.11 Å². The molecule has 0 aliphatic carbocycles. The van der Waals surface area contributed by atoms with Crippen LogP contribution < -0.4 is 0 Å². The summed E-state index contributed by atoms with van der Waals surface area (Å²) < 4.78 is 27.2. The first kappa shape index (κ1) is 19.5. The largest absolute Gasteiger partial charge is 0.298 e. The molecule has 0 spiro atoms. The van der Waals surface area contributed by atoms with Crippen LogP contribution in [-0.2, 0) is 16.2 Å². The molecule has 1 saturated heterocycles. The van der Waals surface area contributed by atoms with Crippen LogP contribution in [0.25, 0.3) is 0 Å². The lowest BCUT2D eigenvalue weighted by Crippen LogP contribution is -2.45. The Bertz CT molecular complexity index is 785. The minimum absolute atomic E-state index is 0.147. The Labute approximate surface area is 158 Å². The van der Waals surface area contributed by atoms with Gasteiger partial charge in [0.25, 0.3) is 0 Å². The fraction of sp³-hybridized carbons (Fsp3) is 0.381. The Hall–Kier alpha value is -2.31. The number of benzene rings is 2. The molecule has 4 nitrogen and oxygen atoms in total. The van der Waals surface area contributed by atoms with Gasteiger partial charge in [-0.15, -0.1) is 0 Å². The predicted molar refractivity (Wildman–Crippen MR) is 98.7 cm³/mol. The second kappa shape index (κ2) is 8.59. The molecule has 0 aromatic heterocycles. The van der Waals surface area contributed by atoms with Crippen molar-refractivity contribution < 1.29 is 18.4 Å². The van der Waals surface area contributed by atoms with Crippen molar-refractivity contribution in [3.8, 4) is 0 Å². The fourth-order valence-electron chi connectivity index (χ4n) is 3.70. The van der Waals surface area contributed by atoms with Gasteiger partial charge in [0.15, 0.2) is 11.6 Å². The van der Waals surface area contributed by atoms with E-state index in [9.17, 15) is 13.6 Å². The molecule has 0 bridgehead atoms. The van der Waals surface area contributed by atoms with Crippen molar-refractivity contribution >= 4 is 5.91 Å². The molecule has 144 valence electrons. The Morgan fingerprint density at radius 1 is 1.19 bits per heavy atom. The highest BCUT2D eigenvalue weighted by molar-refractivity contribution is 5.79. The number of rotatable bonds is 5. The third kappa shape index (κ3) is 4.51. The van der Waals surface area contributed by atoms with Gasteiger partial charge >= 0.3 is 0 Å². The number of hydroxylamine groups is 2. The van der Waals surface area contributed by atoms with E-state index in [2.05, 4.69) is 17.0 Å². The quantitative estimate of drug-likeness (QED) is 0.750. The molecule has 2 atom stereocenters. The molecular formula is C21H24F2N2O2. The number of carbonyl (C=O) groups is 1. The molecular weight excluding hydrogens is 350 g/mol. The first-order valence-electron chi connectivity index (χ1n) is 9.02. The second-order valence-corrected chi connectivity index (χ2v) is 6.91. The maximum atomic E-state index is 13.8. The molecule has 1 aliphatic rings. The van der Waals surface area contributed by atoms with E-state index in [1.165, 1.54) is 23.8 Å². The van der Waals surface area contributed by atoms with E-state index in [0.717, 1.165) is 19.2 Å². The molecule has 0 radical (unpaired) electrons. The van der Waals surface area contributed by atoms with Gasteiger partial charge < -0.3 is 0 Å². The number of likely N-dealkylation sites (tertiary alicyclic amines) is 1. The average Bonchev–Trinajstić information content (AvgIpc) is 2.69. The number of hydrogen-bond donors (Lipinski definition) is 0. The number of amides is 1. The van der Waals surface area contributed by atoms with Gasteiger partial charge in [-0.25, -0.2) is 13.8 Å². The molecule has 1 heterocycles. The van der Waals surface area contributed by atoms with E-state index in [0.29, 0.717) is 18.5 Å². The summed E-state index contributed by atoms with van der Waals surface area (Å²) in [6.07, 6.45) is 0.628. The van der Waals surface area contributed by atoms with Crippen LogP contribution in [-0.4, -0.2) is 43.1 Å². The van der Waals surface area contributed by atoms with Gasteiger partial charge in [-0.1, -0.05) is 36.4 Å². The molecule has 1 amide bonds. The SMILES string of the molecule is CON(C)C(=O)[C@@H]1CCN(Cc2ccccc2)C[C@@H]1c1ccc(F)c(F)c1. The van der Waals surface area contributed by atoms with E-state index in [-0.39, 0.29) is 17.7 Å². The minimum atomic E-state index is -0.890. The zero-order valence-electron chi connectivity index (χ0n) is 15.6. The van der Waals surface area contributed by atoms with Crippen LogP contribution >= 0.6 is 0 Å².